The molecule has 0 aromatic heterocycles. The van der Waals surface area contributed by atoms with Crippen molar-refractivity contribution < 1.29 is 17.9 Å². The summed E-state index contributed by atoms with van der Waals surface area (Å²) in [7, 11) is 0. The highest BCUT2D eigenvalue weighted by atomic mass is 19.4. The number of para-hydroxylation sites is 1. The van der Waals surface area contributed by atoms with Gasteiger partial charge in [-0.15, -0.1) is 5.73 Å². The first-order valence-electron chi connectivity index (χ1n) is 9.43. The van der Waals surface area contributed by atoms with Crippen molar-refractivity contribution >= 4 is 5.57 Å². The Balaban J connectivity index is 1.61. The summed E-state index contributed by atoms with van der Waals surface area (Å²) >= 11 is 0. The van der Waals surface area contributed by atoms with Gasteiger partial charge in [0.25, 0.3) is 0 Å². The SMILES string of the molecule is FC(F)(F)c1ccc(COc2ccccc2C(=C=C2CC2)c2ccccc2)cc1. The van der Waals surface area contributed by atoms with E-state index in [-0.39, 0.29) is 6.61 Å². The van der Waals surface area contributed by atoms with Crippen molar-refractivity contribution in [1.82, 2.24) is 0 Å². The van der Waals surface area contributed by atoms with Crippen molar-refractivity contribution in [3.8, 4) is 5.75 Å². The number of hydrogen-bond donors (Lipinski definition) is 0. The van der Waals surface area contributed by atoms with Crippen molar-refractivity contribution in [2.45, 2.75) is 25.6 Å². The van der Waals surface area contributed by atoms with Crippen LogP contribution in [0.1, 0.15) is 35.1 Å². The molecular weight excluding hydrogens is 373 g/mol. The molecule has 1 aliphatic rings. The van der Waals surface area contributed by atoms with Gasteiger partial charge in [0.1, 0.15) is 12.4 Å². The number of rotatable bonds is 5. The molecule has 4 heteroatoms. The molecule has 1 nitrogen and oxygen atoms in total. The van der Waals surface area contributed by atoms with Crippen molar-refractivity contribution in [2.75, 3.05) is 0 Å². The van der Waals surface area contributed by atoms with Gasteiger partial charge >= 0.3 is 6.18 Å². The number of hydrogen-bond acceptors (Lipinski definition) is 1. The zero-order valence-electron chi connectivity index (χ0n) is 15.7. The molecule has 0 spiro atoms. The largest absolute Gasteiger partial charge is 0.488 e. The second-order valence-electron chi connectivity index (χ2n) is 6.95. The van der Waals surface area contributed by atoms with Crippen LogP contribution in [0.5, 0.6) is 5.75 Å². The first-order valence-corrected chi connectivity index (χ1v) is 9.43. The Morgan fingerprint density at radius 1 is 0.828 bits per heavy atom. The molecule has 4 rings (SSSR count). The van der Waals surface area contributed by atoms with E-state index in [1.165, 1.54) is 17.7 Å². The molecule has 0 bridgehead atoms. The molecule has 0 amide bonds. The zero-order valence-corrected chi connectivity index (χ0v) is 15.7. The van der Waals surface area contributed by atoms with E-state index in [4.69, 9.17) is 4.74 Å². The number of allylic oxidation sites excluding steroid dienone is 1. The molecule has 0 heterocycles. The maximum absolute atomic E-state index is 12.7. The predicted molar refractivity (Wildman–Crippen MR) is 107 cm³/mol. The van der Waals surface area contributed by atoms with Gasteiger partial charge in [0.05, 0.1) is 5.56 Å². The highest BCUT2D eigenvalue weighted by Gasteiger charge is 2.29. The second-order valence-corrected chi connectivity index (χ2v) is 6.95. The summed E-state index contributed by atoms with van der Waals surface area (Å²) in [6.07, 6.45) is -2.21. The van der Waals surface area contributed by atoms with Crippen LogP contribution in [0.2, 0.25) is 0 Å². The van der Waals surface area contributed by atoms with Crippen LogP contribution in [-0.4, -0.2) is 0 Å². The Labute approximate surface area is 167 Å². The van der Waals surface area contributed by atoms with Gasteiger partial charge in [-0.2, -0.15) is 13.2 Å². The summed E-state index contributed by atoms with van der Waals surface area (Å²) in [6, 6.07) is 22.8. The van der Waals surface area contributed by atoms with E-state index in [0.717, 1.165) is 41.7 Å². The summed E-state index contributed by atoms with van der Waals surface area (Å²) in [6.45, 7) is 0.188. The molecule has 1 aliphatic carbocycles. The Hall–Kier alpha value is -3.23. The molecule has 0 saturated heterocycles. The van der Waals surface area contributed by atoms with Gasteiger partial charge in [-0.05, 0) is 53.8 Å². The number of ether oxygens (including phenoxy) is 1. The molecule has 1 saturated carbocycles. The topological polar surface area (TPSA) is 9.23 Å². The van der Waals surface area contributed by atoms with Crippen molar-refractivity contribution in [3.63, 3.8) is 0 Å². The fourth-order valence-electron chi connectivity index (χ4n) is 3.01. The van der Waals surface area contributed by atoms with Gasteiger partial charge in [-0.1, -0.05) is 54.6 Å². The molecule has 146 valence electrons. The van der Waals surface area contributed by atoms with Gasteiger partial charge in [0, 0.05) is 11.1 Å². The molecule has 1 fully saturated rings. The molecule has 3 aromatic rings. The lowest BCUT2D eigenvalue weighted by Gasteiger charge is -2.14. The van der Waals surface area contributed by atoms with Crippen molar-refractivity contribution in [1.29, 1.82) is 0 Å². The highest BCUT2D eigenvalue weighted by molar-refractivity contribution is 5.82. The van der Waals surface area contributed by atoms with E-state index in [2.05, 4.69) is 5.73 Å². The minimum absolute atomic E-state index is 0.188. The highest BCUT2D eigenvalue weighted by Crippen LogP contribution is 2.35. The third-order valence-corrected chi connectivity index (χ3v) is 4.70. The summed E-state index contributed by atoms with van der Waals surface area (Å²) in [5.74, 6) is 0.681. The Kier molecular flexibility index (Phi) is 5.28. The lowest BCUT2D eigenvalue weighted by Crippen LogP contribution is -2.05. The van der Waals surface area contributed by atoms with E-state index < -0.39 is 11.7 Å². The van der Waals surface area contributed by atoms with Crippen molar-refractivity contribution in [2.24, 2.45) is 0 Å². The monoisotopic (exact) mass is 392 g/mol. The van der Waals surface area contributed by atoms with Crippen LogP contribution < -0.4 is 4.74 Å². The van der Waals surface area contributed by atoms with Crippen LogP contribution in [0.25, 0.3) is 5.57 Å². The summed E-state index contributed by atoms with van der Waals surface area (Å²) in [5.41, 5.74) is 7.76. The van der Waals surface area contributed by atoms with Gasteiger partial charge in [0.2, 0.25) is 0 Å². The first kappa shape index (κ1) is 19.1. The fraction of sp³-hybridized carbons (Fsp3) is 0.160. The van der Waals surface area contributed by atoms with E-state index >= 15 is 0 Å². The van der Waals surface area contributed by atoms with Crippen LogP contribution in [-0.2, 0) is 12.8 Å². The van der Waals surface area contributed by atoms with Crippen LogP contribution in [0, 0.1) is 0 Å². The minimum atomic E-state index is -4.34. The minimum Gasteiger partial charge on any atom is -0.488 e. The van der Waals surface area contributed by atoms with Crippen LogP contribution >= 0.6 is 0 Å². The van der Waals surface area contributed by atoms with Crippen molar-refractivity contribution in [3.05, 3.63) is 112 Å². The number of benzene rings is 3. The summed E-state index contributed by atoms with van der Waals surface area (Å²) in [5, 5.41) is 0. The van der Waals surface area contributed by atoms with E-state index in [1.807, 2.05) is 54.6 Å². The average Bonchev–Trinajstić information content (AvgIpc) is 3.55. The van der Waals surface area contributed by atoms with Gasteiger partial charge in [0.15, 0.2) is 0 Å². The summed E-state index contributed by atoms with van der Waals surface area (Å²) in [4.78, 5) is 0. The standard InChI is InChI=1S/C25H19F3O/c26-25(27,28)21-14-12-19(13-15-21)17-29-24-9-5-4-8-22(24)23(16-18-10-11-18)20-6-2-1-3-7-20/h1-9,12-15H,10-11,17H2. The zero-order chi connectivity index (χ0) is 20.3. The fourth-order valence-corrected chi connectivity index (χ4v) is 3.01. The Morgan fingerprint density at radius 2 is 1.48 bits per heavy atom. The maximum atomic E-state index is 12.7. The van der Waals surface area contributed by atoms with E-state index in [9.17, 15) is 13.2 Å². The van der Waals surface area contributed by atoms with Crippen LogP contribution in [0.4, 0.5) is 13.2 Å². The maximum Gasteiger partial charge on any atom is 0.416 e. The average molecular weight is 392 g/mol. The number of halogens is 3. The quantitative estimate of drug-likeness (QED) is 0.423. The molecule has 3 aromatic carbocycles. The van der Waals surface area contributed by atoms with Gasteiger partial charge in [-0.25, -0.2) is 0 Å². The van der Waals surface area contributed by atoms with E-state index in [0.29, 0.717) is 11.3 Å². The lowest BCUT2D eigenvalue weighted by molar-refractivity contribution is -0.137. The van der Waals surface area contributed by atoms with Gasteiger partial charge in [-0.3, -0.25) is 0 Å². The lowest BCUT2D eigenvalue weighted by atomic mass is 9.97. The third kappa shape index (κ3) is 4.79. The normalized spacial score (nSPS) is 13.0. The Bertz CT molecular complexity index is 1050. The molecule has 0 aliphatic heterocycles. The van der Waals surface area contributed by atoms with Crippen LogP contribution in [0.15, 0.2) is 90.2 Å². The predicted octanol–water partition coefficient (Wildman–Crippen LogP) is 7.04. The molecular formula is C25H19F3O. The van der Waals surface area contributed by atoms with E-state index in [1.54, 1.807) is 0 Å². The molecule has 0 N–H and O–H groups in total. The molecule has 0 atom stereocenters. The molecule has 0 unspecified atom stereocenters. The molecule has 29 heavy (non-hydrogen) atoms. The smallest absolute Gasteiger partial charge is 0.416 e. The number of alkyl halides is 3. The third-order valence-electron chi connectivity index (χ3n) is 4.70. The second kappa shape index (κ2) is 8.02. The summed E-state index contributed by atoms with van der Waals surface area (Å²) < 4.78 is 44.2. The first-order chi connectivity index (χ1) is 14.0. The Morgan fingerprint density at radius 3 is 2.14 bits per heavy atom. The van der Waals surface area contributed by atoms with Gasteiger partial charge < -0.3 is 4.74 Å². The van der Waals surface area contributed by atoms with Crippen LogP contribution in [0.3, 0.4) is 0 Å². The molecule has 0 radical (unpaired) electrons.